The van der Waals surface area contributed by atoms with Crippen LogP contribution < -0.4 is 15.5 Å². The minimum atomic E-state index is -0.252. The van der Waals surface area contributed by atoms with E-state index in [1.54, 1.807) is 6.21 Å². The molecular formula is C22H19Br2N3O2. The Hall–Kier alpha value is -2.64. The van der Waals surface area contributed by atoms with Crippen molar-refractivity contribution < 1.29 is 9.53 Å². The van der Waals surface area contributed by atoms with Crippen molar-refractivity contribution in [2.45, 2.75) is 6.92 Å². The number of aryl methyl sites for hydroxylation is 1. The molecular weight excluding hydrogens is 498 g/mol. The molecule has 0 saturated carbocycles. The van der Waals surface area contributed by atoms with Crippen molar-refractivity contribution in [1.29, 1.82) is 0 Å². The Bertz CT molecular complexity index is 1000. The number of halogens is 2. The normalized spacial score (nSPS) is 10.7. The number of benzene rings is 3. The molecule has 0 spiro atoms. The Labute approximate surface area is 186 Å². The highest BCUT2D eigenvalue weighted by atomic mass is 79.9. The molecule has 148 valence electrons. The average molecular weight is 517 g/mol. The van der Waals surface area contributed by atoms with Gasteiger partial charge in [0.1, 0.15) is 11.5 Å². The first kappa shape index (κ1) is 21.1. The van der Waals surface area contributed by atoms with E-state index in [2.05, 4.69) is 47.7 Å². The Kier molecular flexibility index (Phi) is 7.43. The molecule has 0 aliphatic carbocycles. The number of carbonyl (C=O) groups is 1. The summed E-state index contributed by atoms with van der Waals surface area (Å²) in [6, 6.07) is 21.0. The van der Waals surface area contributed by atoms with E-state index >= 15 is 0 Å². The third-order valence-corrected chi connectivity index (χ3v) is 5.10. The van der Waals surface area contributed by atoms with Crippen molar-refractivity contribution in [1.82, 2.24) is 5.43 Å². The summed E-state index contributed by atoms with van der Waals surface area (Å²) in [5.74, 6) is 1.20. The second-order valence-electron chi connectivity index (χ2n) is 6.24. The standard InChI is InChI=1S/C22H19Br2N3O2/c1-15-10-19(23)22(20(24)11-15)25-14-21(28)27-26-13-16-6-5-9-18(12-16)29-17-7-3-2-4-8-17/h2-13,25H,14H2,1H3,(H,27,28)/b26-13-. The summed E-state index contributed by atoms with van der Waals surface area (Å²) in [4.78, 5) is 12.1. The van der Waals surface area contributed by atoms with Crippen molar-refractivity contribution in [3.05, 3.63) is 86.8 Å². The van der Waals surface area contributed by atoms with E-state index in [0.717, 1.165) is 31.5 Å². The molecule has 0 saturated heterocycles. The fourth-order valence-electron chi connectivity index (χ4n) is 2.54. The third kappa shape index (κ3) is 6.44. The first-order chi connectivity index (χ1) is 14.0. The summed E-state index contributed by atoms with van der Waals surface area (Å²) in [6.45, 7) is 2.09. The monoisotopic (exact) mass is 515 g/mol. The molecule has 1 amide bonds. The number of para-hydroxylation sites is 1. The molecule has 0 aliphatic heterocycles. The van der Waals surface area contributed by atoms with E-state index in [-0.39, 0.29) is 12.5 Å². The average Bonchev–Trinajstić information content (AvgIpc) is 2.68. The van der Waals surface area contributed by atoms with Crippen LogP contribution in [0.4, 0.5) is 5.69 Å². The number of rotatable bonds is 7. The van der Waals surface area contributed by atoms with Gasteiger partial charge < -0.3 is 10.1 Å². The van der Waals surface area contributed by atoms with E-state index in [9.17, 15) is 4.79 Å². The zero-order valence-corrected chi connectivity index (χ0v) is 18.8. The van der Waals surface area contributed by atoms with Gasteiger partial charge in [-0.15, -0.1) is 0 Å². The molecule has 29 heavy (non-hydrogen) atoms. The zero-order valence-electron chi connectivity index (χ0n) is 15.7. The summed E-state index contributed by atoms with van der Waals surface area (Å²) in [7, 11) is 0. The molecule has 0 unspecified atom stereocenters. The lowest BCUT2D eigenvalue weighted by Gasteiger charge is -2.11. The number of hydrogen-bond acceptors (Lipinski definition) is 4. The fourth-order valence-corrected chi connectivity index (χ4v) is 4.23. The highest BCUT2D eigenvalue weighted by Crippen LogP contribution is 2.32. The molecule has 3 aromatic rings. The van der Waals surface area contributed by atoms with Crippen LogP contribution in [0.5, 0.6) is 11.5 Å². The van der Waals surface area contributed by atoms with Gasteiger partial charge in [0.2, 0.25) is 0 Å². The second kappa shape index (κ2) is 10.2. The predicted octanol–water partition coefficient (Wildman–Crippen LogP) is 5.87. The van der Waals surface area contributed by atoms with Crippen LogP contribution in [0, 0.1) is 6.92 Å². The van der Waals surface area contributed by atoms with Crippen molar-refractivity contribution >= 4 is 49.7 Å². The predicted molar refractivity (Wildman–Crippen MR) is 124 cm³/mol. The number of nitrogens with one attached hydrogen (secondary N) is 2. The van der Waals surface area contributed by atoms with E-state index in [0.29, 0.717) is 5.75 Å². The molecule has 2 N–H and O–H groups in total. The maximum absolute atomic E-state index is 12.1. The van der Waals surface area contributed by atoms with Gasteiger partial charge >= 0.3 is 0 Å². The number of amides is 1. The van der Waals surface area contributed by atoms with Crippen molar-refractivity contribution in [2.24, 2.45) is 5.10 Å². The molecule has 0 heterocycles. The number of hydrazone groups is 1. The summed E-state index contributed by atoms with van der Waals surface area (Å²) in [5.41, 5.74) is 5.27. The maximum atomic E-state index is 12.1. The topological polar surface area (TPSA) is 62.7 Å². The fraction of sp³-hybridized carbons (Fsp3) is 0.0909. The first-order valence-corrected chi connectivity index (χ1v) is 10.4. The molecule has 7 heteroatoms. The molecule has 0 fully saturated rings. The van der Waals surface area contributed by atoms with Crippen LogP contribution in [0.1, 0.15) is 11.1 Å². The van der Waals surface area contributed by atoms with Crippen LogP contribution in [-0.4, -0.2) is 18.7 Å². The lowest BCUT2D eigenvalue weighted by Crippen LogP contribution is -2.26. The van der Waals surface area contributed by atoms with Gasteiger partial charge in [0, 0.05) is 8.95 Å². The SMILES string of the molecule is Cc1cc(Br)c(NCC(=O)N/N=C\c2cccc(Oc3ccccc3)c2)c(Br)c1. The molecule has 0 aromatic heterocycles. The summed E-state index contributed by atoms with van der Waals surface area (Å²) in [6.07, 6.45) is 1.58. The van der Waals surface area contributed by atoms with Crippen molar-refractivity contribution in [3.8, 4) is 11.5 Å². The Morgan fingerprint density at radius 3 is 2.41 bits per heavy atom. The van der Waals surface area contributed by atoms with Gasteiger partial charge in [-0.05, 0) is 86.3 Å². The van der Waals surface area contributed by atoms with Crippen LogP contribution in [0.25, 0.3) is 0 Å². The zero-order chi connectivity index (χ0) is 20.6. The third-order valence-electron chi connectivity index (χ3n) is 3.85. The Balaban J connectivity index is 1.53. The minimum absolute atomic E-state index is 0.0920. The smallest absolute Gasteiger partial charge is 0.259 e. The highest BCUT2D eigenvalue weighted by molar-refractivity contribution is 9.11. The van der Waals surface area contributed by atoms with Gasteiger partial charge in [-0.25, -0.2) is 5.43 Å². The molecule has 0 radical (unpaired) electrons. The number of hydrogen-bond donors (Lipinski definition) is 2. The van der Waals surface area contributed by atoms with Crippen LogP contribution in [0.2, 0.25) is 0 Å². The van der Waals surface area contributed by atoms with E-state index in [1.807, 2.05) is 73.7 Å². The molecule has 0 bridgehead atoms. The van der Waals surface area contributed by atoms with Gasteiger partial charge in [0.25, 0.3) is 5.91 Å². The van der Waals surface area contributed by atoms with Gasteiger partial charge in [-0.1, -0.05) is 30.3 Å². The van der Waals surface area contributed by atoms with E-state index in [4.69, 9.17) is 4.74 Å². The highest BCUT2D eigenvalue weighted by Gasteiger charge is 2.08. The van der Waals surface area contributed by atoms with Crippen LogP contribution in [0.15, 0.2) is 80.8 Å². The van der Waals surface area contributed by atoms with E-state index < -0.39 is 0 Å². The van der Waals surface area contributed by atoms with Crippen molar-refractivity contribution in [2.75, 3.05) is 11.9 Å². The van der Waals surface area contributed by atoms with Gasteiger partial charge in [-0.2, -0.15) is 5.10 Å². The maximum Gasteiger partial charge on any atom is 0.259 e. The Morgan fingerprint density at radius 2 is 1.69 bits per heavy atom. The van der Waals surface area contributed by atoms with Crippen LogP contribution in [0.3, 0.4) is 0 Å². The van der Waals surface area contributed by atoms with Gasteiger partial charge in [0.05, 0.1) is 18.4 Å². The van der Waals surface area contributed by atoms with Gasteiger partial charge in [-0.3, -0.25) is 4.79 Å². The number of carbonyl (C=O) groups excluding carboxylic acids is 1. The van der Waals surface area contributed by atoms with Crippen molar-refractivity contribution in [3.63, 3.8) is 0 Å². The lowest BCUT2D eigenvalue weighted by atomic mass is 10.2. The molecule has 0 atom stereocenters. The van der Waals surface area contributed by atoms with E-state index in [1.165, 1.54) is 0 Å². The number of nitrogens with zero attached hydrogens (tertiary/aromatic N) is 1. The molecule has 5 nitrogen and oxygen atoms in total. The lowest BCUT2D eigenvalue weighted by molar-refractivity contribution is -0.119. The largest absolute Gasteiger partial charge is 0.457 e. The first-order valence-electron chi connectivity index (χ1n) is 8.85. The minimum Gasteiger partial charge on any atom is -0.457 e. The van der Waals surface area contributed by atoms with Gasteiger partial charge in [0.15, 0.2) is 0 Å². The van der Waals surface area contributed by atoms with Crippen LogP contribution >= 0.6 is 31.9 Å². The molecule has 0 aliphatic rings. The Morgan fingerprint density at radius 1 is 1.00 bits per heavy atom. The quantitative estimate of drug-likeness (QED) is 0.304. The van der Waals surface area contributed by atoms with Crippen LogP contribution in [-0.2, 0) is 4.79 Å². The summed E-state index contributed by atoms with van der Waals surface area (Å²) < 4.78 is 7.57. The summed E-state index contributed by atoms with van der Waals surface area (Å²) >= 11 is 6.99. The number of anilines is 1. The second-order valence-corrected chi connectivity index (χ2v) is 7.95. The molecule has 3 rings (SSSR count). The molecule has 3 aromatic carbocycles. The summed E-state index contributed by atoms with van der Waals surface area (Å²) in [5, 5.41) is 7.11. The number of ether oxygens (including phenoxy) is 1.